The lowest BCUT2D eigenvalue weighted by Gasteiger charge is -1.94. The topological polar surface area (TPSA) is 92.0 Å². The summed E-state index contributed by atoms with van der Waals surface area (Å²) in [6.45, 7) is 0. The van der Waals surface area contributed by atoms with Crippen LogP contribution in [-0.4, -0.2) is 21.2 Å². The first kappa shape index (κ1) is 7.60. The van der Waals surface area contributed by atoms with Crippen LogP contribution in [0.15, 0.2) is 18.2 Å². The van der Waals surface area contributed by atoms with Crippen molar-refractivity contribution in [3.63, 3.8) is 0 Å². The quantitative estimate of drug-likeness (QED) is 0.587. The van der Waals surface area contributed by atoms with Gasteiger partial charge in [0.2, 0.25) is 0 Å². The van der Waals surface area contributed by atoms with Crippen LogP contribution in [0.4, 0.5) is 0 Å². The Bertz CT molecular complexity index is 475. The fourth-order valence-electron chi connectivity index (χ4n) is 1.23. The number of nitrogens with zero attached hydrogens (tertiary/aromatic N) is 1. The lowest BCUT2D eigenvalue weighted by atomic mass is 10.2. The van der Waals surface area contributed by atoms with E-state index in [0.29, 0.717) is 10.9 Å². The van der Waals surface area contributed by atoms with Gasteiger partial charge in [-0.1, -0.05) is 6.07 Å². The van der Waals surface area contributed by atoms with Crippen molar-refractivity contribution in [2.24, 2.45) is 5.73 Å². The maximum Gasteiger partial charge on any atom is 0.269 e. The van der Waals surface area contributed by atoms with Crippen LogP contribution in [0.3, 0.4) is 0 Å². The Morgan fingerprint density at radius 1 is 1.54 bits per heavy atom. The van der Waals surface area contributed by atoms with E-state index >= 15 is 0 Å². The molecule has 0 unspecified atom stereocenters. The Kier molecular flexibility index (Phi) is 1.45. The van der Waals surface area contributed by atoms with Gasteiger partial charge in [-0.25, -0.2) is 0 Å². The number of aromatic amines is 1. The van der Waals surface area contributed by atoms with Crippen LogP contribution >= 0.6 is 0 Å². The van der Waals surface area contributed by atoms with Gasteiger partial charge >= 0.3 is 0 Å². The van der Waals surface area contributed by atoms with Gasteiger partial charge in [0.15, 0.2) is 5.69 Å². The normalized spacial score (nSPS) is 10.5. The minimum atomic E-state index is -0.659. The Hall–Kier alpha value is -2.04. The van der Waals surface area contributed by atoms with E-state index in [1.54, 1.807) is 12.1 Å². The number of H-pyrrole nitrogens is 1. The number of amides is 1. The van der Waals surface area contributed by atoms with E-state index in [9.17, 15) is 9.90 Å². The molecular weight excluding hydrogens is 170 g/mol. The summed E-state index contributed by atoms with van der Waals surface area (Å²) in [6, 6.07) is 4.83. The molecule has 0 aliphatic rings. The SMILES string of the molecule is NC(=O)c1n[nH]c2cccc(O)c12. The van der Waals surface area contributed by atoms with Crippen molar-refractivity contribution < 1.29 is 9.90 Å². The third-order valence-electron chi connectivity index (χ3n) is 1.80. The number of benzene rings is 1. The number of nitrogens with one attached hydrogen (secondary N) is 1. The number of carbonyl (C=O) groups excluding carboxylic acids is 1. The van der Waals surface area contributed by atoms with Crippen molar-refractivity contribution in [1.29, 1.82) is 0 Å². The molecule has 1 aromatic carbocycles. The molecule has 1 amide bonds. The first-order chi connectivity index (χ1) is 6.20. The zero-order valence-electron chi connectivity index (χ0n) is 6.61. The first-order valence-corrected chi connectivity index (χ1v) is 3.66. The Labute approximate surface area is 73.2 Å². The van der Waals surface area contributed by atoms with Gasteiger partial charge in [0.25, 0.3) is 5.91 Å². The number of hydrogen-bond donors (Lipinski definition) is 3. The molecule has 0 bridgehead atoms. The summed E-state index contributed by atoms with van der Waals surface area (Å²) in [5.74, 6) is -0.659. The van der Waals surface area contributed by atoms with Gasteiger partial charge in [0, 0.05) is 0 Å². The molecule has 66 valence electrons. The minimum absolute atomic E-state index is 0.0000463. The molecule has 2 aromatic rings. The van der Waals surface area contributed by atoms with Gasteiger partial charge in [0.05, 0.1) is 10.9 Å². The van der Waals surface area contributed by atoms with Crippen molar-refractivity contribution in [3.8, 4) is 5.75 Å². The molecule has 0 aliphatic carbocycles. The maximum absolute atomic E-state index is 10.9. The van der Waals surface area contributed by atoms with Gasteiger partial charge in [0.1, 0.15) is 5.75 Å². The zero-order chi connectivity index (χ0) is 9.42. The summed E-state index contributed by atoms with van der Waals surface area (Å²) in [5, 5.41) is 16.1. The molecule has 0 spiro atoms. The number of primary amides is 1. The molecule has 5 heteroatoms. The van der Waals surface area contributed by atoms with Crippen LogP contribution < -0.4 is 5.73 Å². The fourth-order valence-corrected chi connectivity index (χ4v) is 1.23. The standard InChI is InChI=1S/C8H7N3O2/c9-8(13)7-6-4(10-11-7)2-1-3-5(6)12/h1-3,12H,(H2,9,13)(H,10,11). The van der Waals surface area contributed by atoms with Crippen molar-refractivity contribution in [2.75, 3.05) is 0 Å². The van der Waals surface area contributed by atoms with Crippen molar-refractivity contribution in [2.45, 2.75) is 0 Å². The maximum atomic E-state index is 10.9. The van der Waals surface area contributed by atoms with Crippen molar-refractivity contribution >= 4 is 16.8 Å². The highest BCUT2D eigenvalue weighted by Gasteiger charge is 2.13. The van der Waals surface area contributed by atoms with Gasteiger partial charge in [-0.15, -0.1) is 0 Å². The molecule has 0 aliphatic heterocycles. The van der Waals surface area contributed by atoms with E-state index < -0.39 is 5.91 Å². The van der Waals surface area contributed by atoms with Crippen LogP contribution in [-0.2, 0) is 0 Å². The molecule has 1 aromatic heterocycles. The predicted molar refractivity (Wildman–Crippen MR) is 46.3 cm³/mol. The molecule has 2 rings (SSSR count). The highest BCUT2D eigenvalue weighted by molar-refractivity contribution is 6.06. The van der Waals surface area contributed by atoms with Crippen molar-refractivity contribution in [3.05, 3.63) is 23.9 Å². The number of phenols is 1. The number of phenolic OH excluding ortho intramolecular Hbond substituents is 1. The second-order valence-corrected chi connectivity index (χ2v) is 2.64. The number of aromatic hydroxyl groups is 1. The van der Waals surface area contributed by atoms with Crippen LogP contribution in [0.25, 0.3) is 10.9 Å². The number of rotatable bonds is 1. The number of hydrogen-bond acceptors (Lipinski definition) is 3. The fraction of sp³-hybridized carbons (Fsp3) is 0. The summed E-state index contributed by atoms with van der Waals surface area (Å²) in [6.07, 6.45) is 0. The molecule has 13 heavy (non-hydrogen) atoms. The number of fused-ring (bicyclic) bond motifs is 1. The molecule has 5 nitrogen and oxygen atoms in total. The number of aromatic nitrogens is 2. The van der Waals surface area contributed by atoms with Gasteiger partial charge in [-0.3, -0.25) is 9.89 Å². The molecule has 0 atom stereocenters. The van der Waals surface area contributed by atoms with E-state index in [1.807, 2.05) is 0 Å². The third-order valence-corrected chi connectivity index (χ3v) is 1.80. The molecule has 0 radical (unpaired) electrons. The highest BCUT2D eigenvalue weighted by Crippen LogP contribution is 2.25. The average Bonchev–Trinajstić information content (AvgIpc) is 2.49. The lowest BCUT2D eigenvalue weighted by Crippen LogP contribution is -2.11. The van der Waals surface area contributed by atoms with Crippen LogP contribution in [0.2, 0.25) is 0 Å². The predicted octanol–water partition coefficient (Wildman–Crippen LogP) is 0.367. The highest BCUT2D eigenvalue weighted by atomic mass is 16.3. The van der Waals surface area contributed by atoms with E-state index in [2.05, 4.69) is 10.2 Å². The van der Waals surface area contributed by atoms with Crippen LogP contribution in [0.1, 0.15) is 10.5 Å². The molecule has 1 heterocycles. The lowest BCUT2D eigenvalue weighted by molar-refractivity contribution is 0.0997. The summed E-state index contributed by atoms with van der Waals surface area (Å²) in [5.41, 5.74) is 5.72. The second-order valence-electron chi connectivity index (χ2n) is 2.64. The first-order valence-electron chi connectivity index (χ1n) is 3.66. The summed E-state index contributed by atoms with van der Waals surface area (Å²) in [4.78, 5) is 10.9. The van der Waals surface area contributed by atoms with E-state index in [1.165, 1.54) is 6.07 Å². The molecule has 0 saturated heterocycles. The summed E-state index contributed by atoms with van der Waals surface area (Å²) < 4.78 is 0. The molecule has 0 saturated carbocycles. The van der Waals surface area contributed by atoms with Crippen molar-refractivity contribution in [1.82, 2.24) is 10.2 Å². The van der Waals surface area contributed by atoms with E-state index in [0.717, 1.165) is 0 Å². The minimum Gasteiger partial charge on any atom is -0.507 e. The second kappa shape index (κ2) is 2.48. The van der Waals surface area contributed by atoms with Crippen LogP contribution in [0, 0.1) is 0 Å². The largest absolute Gasteiger partial charge is 0.507 e. The van der Waals surface area contributed by atoms with E-state index in [-0.39, 0.29) is 11.4 Å². The molecular formula is C8H7N3O2. The summed E-state index contributed by atoms with van der Waals surface area (Å²) >= 11 is 0. The molecule has 0 fully saturated rings. The van der Waals surface area contributed by atoms with Gasteiger partial charge in [-0.2, -0.15) is 5.10 Å². The Morgan fingerprint density at radius 2 is 2.31 bits per heavy atom. The third kappa shape index (κ3) is 1.01. The molecule has 4 N–H and O–H groups in total. The monoisotopic (exact) mass is 177 g/mol. The Morgan fingerprint density at radius 3 is 3.00 bits per heavy atom. The summed E-state index contributed by atoms with van der Waals surface area (Å²) in [7, 11) is 0. The van der Waals surface area contributed by atoms with Gasteiger partial charge < -0.3 is 10.8 Å². The van der Waals surface area contributed by atoms with Crippen LogP contribution in [0.5, 0.6) is 5.75 Å². The number of carbonyl (C=O) groups is 1. The van der Waals surface area contributed by atoms with E-state index in [4.69, 9.17) is 5.73 Å². The zero-order valence-corrected chi connectivity index (χ0v) is 6.61. The smallest absolute Gasteiger partial charge is 0.269 e. The average molecular weight is 177 g/mol. The Balaban J connectivity index is 2.86. The van der Waals surface area contributed by atoms with Gasteiger partial charge in [-0.05, 0) is 12.1 Å². The number of nitrogens with two attached hydrogens (primary N) is 1.